The summed E-state index contributed by atoms with van der Waals surface area (Å²) in [6, 6.07) is 0. The summed E-state index contributed by atoms with van der Waals surface area (Å²) in [5, 5.41) is 28.5. The molecule has 3 atom stereocenters. The van der Waals surface area contributed by atoms with Crippen LogP contribution in [0.5, 0.6) is 0 Å². The zero-order chi connectivity index (χ0) is 14.2. The van der Waals surface area contributed by atoms with Crippen LogP contribution in [0.25, 0.3) is 11.2 Å². The number of aromatic amines is 1. The second-order valence-corrected chi connectivity index (χ2v) is 4.09. The topological polar surface area (TPSA) is 158 Å². The van der Waals surface area contributed by atoms with Crippen LogP contribution in [0.2, 0.25) is 0 Å². The molecule has 0 amide bonds. The number of fused-ring (bicyclic) bond motifs is 1. The van der Waals surface area contributed by atoms with Gasteiger partial charge in [-0.2, -0.15) is 4.98 Å². The molecular formula is C10H13N5O4. The number of nitrogens with one attached hydrogen (secondary N) is 1. The Hall–Kier alpha value is -2.10. The van der Waals surface area contributed by atoms with Gasteiger partial charge in [0.1, 0.15) is 12.2 Å². The lowest BCUT2D eigenvalue weighted by Gasteiger charge is -2.19. The van der Waals surface area contributed by atoms with Gasteiger partial charge in [-0.3, -0.25) is 9.78 Å². The predicted octanol–water partition coefficient (Wildman–Crippen LogP) is -1.93. The van der Waals surface area contributed by atoms with E-state index in [0.717, 1.165) is 6.20 Å². The summed E-state index contributed by atoms with van der Waals surface area (Å²) in [5.41, 5.74) is 4.63. The molecule has 9 nitrogen and oxygen atoms in total. The first-order valence-electron chi connectivity index (χ1n) is 5.46. The minimum atomic E-state index is -1.46. The molecule has 0 unspecified atom stereocenters. The number of nitrogens with zero attached hydrogens (tertiary/aromatic N) is 3. The second kappa shape index (κ2) is 4.88. The van der Waals surface area contributed by atoms with E-state index in [0.29, 0.717) is 0 Å². The molecule has 2 aromatic heterocycles. The molecule has 19 heavy (non-hydrogen) atoms. The zero-order valence-electron chi connectivity index (χ0n) is 9.98. The number of aromatic nitrogens is 4. The normalized spacial score (nSPS) is 16.2. The fraction of sp³-hybridized carbons (Fsp3) is 0.400. The number of nitrogens with two attached hydrogens (primary N) is 1. The molecular weight excluding hydrogens is 254 g/mol. The fourth-order valence-corrected chi connectivity index (χ4v) is 1.53. The molecule has 0 aliphatic rings. The van der Waals surface area contributed by atoms with E-state index in [1.165, 1.54) is 6.92 Å². The summed E-state index contributed by atoms with van der Waals surface area (Å²) in [7, 11) is 0. The quantitative estimate of drug-likeness (QED) is 0.430. The third kappa shape index (κ3) is 2.52. The first-order chi connectivity index (χ1) is 8.90. The Morgan fingerprint density at radius 2 is 2.00 bits per heavy atom. The predicted molar refractivity (Wildman–Crippen MR) is 65.0 cm³/mol. The van der Waals surface area contributed by atoms with Crippen molar-refractivity contribution in [3.05, 3.63) is 22.2 Å². The summed E-state index contributed by atoms with van der Waals surface area (Å²) in [6.45, 7) is 1.32. The monoisotopic (exact) mass is 267 g/mol. The van der Waals surface area contributed by atoms with Crippen LogP contribution in [0.1, 0.15) is 18.7 Å². The van der Waals surface area contributed by atoms with Gasteiger partial charge in [0.15, 0.2) is 11.2 Å². The third-order valence-corrected chi connectivity index (χ3v) is 2.58. The first-order valence-corrected chi connectivity index (χ1v) is 5.46. The number of hydrogen-bond donors (Lipinski definition) is 5. The number of rotatable bonds is 3. The van der Waals surface area contributed by atoms with Crippen molar-refractivity contribution in [2.45, 2.75) is 25.2 Å². The molecule has 0 saturated carbocycles. The molecule has 0 aliphatic carbocycles. The minimum absolute atomic E-state index is 0.0312. The molecule has 0 fully saturated rings. The number of anilines is 1. The Bertz CT molecular complexity index is 656. The molecule has 0 saturated heterocycles. The Labute approximate surface area is 106 Å². The van der Waals surface area contributed by atoms with E-state index in [9.17, 15) is 20.1 Å². The molecule has 0 bridgehead atoms. The van der Waals surface area contributed by atoms with E-state index in [-0.39, 0.29) is 22.8 Å². The Morgan fingerprint density at radius 3 is 2.63 bits per heavy atom. The van der Waals surface area contributed by atoms with Gasteiger partial charge in [0, 0.05) is 0 Å². The van der Waals surface area contributed by atoms with Crippen LogP contribution in [-0.2, 0) is 0 Å². The summed E-state index contributed by atoms with van der Waals surface area (Å²) in [5.74, 6) is -0.0934. The van der Waals surface area contributed by atoms with Gasteiger partial charge in [-0.1, -0.05) is 0 Å². The maximum absolute atomic E-state index is 11.6. The van der Waals surface area contributed by atoms with Gasteiger partial charge >= 0.3 is 0 Å². The summed E-state index contributed by atoms with van der Waals surface area (Å²) in [4.78, 5) is 25.3. The van der Waals surface area contributed by atoms with E-state index in [4.69, 9.17) is 5.73 Å². The summed E-state index contributed by atoms with van der Waals surface area (Å²) >= 11 is 0. The number of nitrogen functional groups attached to an aromatic ring is 1. The lowest BCUT2D eigenvalue weighted by molar-refractivity contribution is -0.0548. The van der Waals surface area contributed by atoms with Crippen LogP contribution in [-0.4, -0.2) is 47.5 Å². The van der Waals surface area contributed by atoms with Gasteiger partial charge in [0.25, 0.3) is 5.56 Å². The summed E-state index contributed by atoms with van der Waals surface area (Å²) in [6.07, 6.45) is -2.90. The third-order valence-electron chi connectivity index (χ3n) is 2.58. The highest BCUT2D eigenvalue weighted by Crippen LogP contribution is 2.17. The standard InChI is InChI=1S/C10H13N5O4/c1-3(16)6(17)7(18)4-2-12-8-5(13-4)9(19)15-10(11)14-8/h2-3,6-7,16-18H,1H3,(H3,11,12,14,15,19)/t3-,6-,7+/m0/s1. The molecule has 2 heterocycles. The molecule has 0 spiro atoms. The van der Waals surface area contributed by atoms with E-state index >= 15 is 0 Å². The van der Waals surface area contributed by atoms with Crippen LogP contribution in [0.4, 0.5) is 5.95 Å². The maximum Gasteiger partial charge on any atom is 0.280 e. The molecule has 0 aliphatic heterocycles. The number of hydrogen-bond acceptors (Lipinski definition) is 8. The second-order valence-electron chi connectivity index (χ2n) is 4.09. The SMILES string of the molecule is C[C@H](O)[C@H](O)[C@H](O)c1cnc2nc(N)[nH]c(=O)c2n1. The van der Waals surface area contributed by atoms with Crippen molar-refractivity contribution in [1.82, 2.24) is 19.9 Å². The molecule has 6 N–H and O–H groups in total. The number of H-pyrrole nitrogens is 1. The van der Waals surface area contributed by atoms with Crippen molar-refractivity contribution in [3.63, 3.8) is 0 Å². The largest absolute Gasteiger partial charge is 0.391 e. The Morgan fingerprint density at radius 1 is 1.32 bits per heavy atom. The minimum Gasteiger partial charge on any atom is -0.391 e. The highest BCUT2D eigenvalue weighted by Gasteiger charge is 2.25. The zero-order valence-corrected chi connectivity index (χ0v) is 9.98. The van der Waals surface area contributed by atoms with Crippen molar-refractivity contribution >= 4 is 17.1 Å². The molecule has 0 radical (unpaired) electrons. The van der Waals surface area contributed by atoms with E-state index in [2.05, 4.69) is 19.9 Å². The Balaban J connectivity index is 2.50. The van der Waals surface area contributed by atoms with Crippen molar-refractivity contribution in [1.29, 1.82) is 0 Å². The van der Waals surface area contributed by atoms with Crippen molar-refractivity contribution < 1.29 is 15.3 Å². The van der Waals surface area contributed by atoms with Crippen molar-refractivity contribution in [2.24, 2.45) is 0 Å². The van der Waals surface area contributed by atoms with Gasteiger partial charge in [0.05, 0.1) is 18.0 Å². The van der Waals surface area contributed by atoms with Crippen molar-refractivity contribution in [2.75, 3.05) is 5.73 Å². The van der Waals surface area contributed by atoms with E-state index in [1.54, 1.807) is 0 Å². The van der Waals surface area contributed by atoms with Crippen LogP contribution < -0.4 is 11.3 Å². The maximum atomic E-state index is 11.6. The fourth-order valence-electron chi connectivity index (χ4n) is 1.53. The van der Waals surface area contributed by atoms with Crippen LogP contribution in [0, 0.1) is 0 Å². The highest BCUT2D eigenvalue weighted by atomic mass is 16.4. The lowest BCUT2D eigenvalue weighted by atomic mass is 10.1. The molecule has 102 valence electrons. The lowest BCUT2D eigenvalue weighted by Crippen LogP contribution is -2.30. The van der Waals surface area contributed by atoms with Gasteiger partial charge in [0.2, 0.25) is 5.95 Å². The van der Waals surface area contributed by atoms with Gasteiger partial charge < -0.3 is 21.1 Å². The van der Waals surface area contributed by atoms with Crippen LogP contribution in [0.3, 0.4) is 0 Å². The van der Waals surface area contributed by atoms with E-state index < -0.39 is 23.9 Å². The Kier molecular flexibility index (Phi) is 3.42. The highest BCUT2D eigenvalue weighted by molar-refractivity contribution is 5.69. The first kappa shape index (κ1) is 13.3. The van der Waals surface area contributed by atoms with Crippen LogP contribution in [0.15, 0.2) is 11.0 Å². The summed E-state index contributed by atoms with van der Waals surface area (Å²) < 4.78 is 0. The smallest absolute Gasteiger partial charge is 0.280 e. The average molecular weight is 267 g/mol. The number of aliphatic hydroxyl groups excluding tert-OH is 3. The van der Waals surface area contributed by atoms with Gasteiger partial charge in [-0.25, -0.2) is 9.97 Å². The molecule has 2 aromatic rings. The molecule has 2 rings (SSSR count). The van der Waals surface area contributed by atoms with Gasteiger partial charge in [-0.05, 0) is 6.92 Å². The molecule has 9 heteroatoms. The average Bonchev–Trinajstić information content (AvgIpc) is 2.36. The van der Waals surface area contributed by atoms with E-state index in [1.807, 2.05) is 0 Å². The van der Waals surface area contributed by atoms with Gasteiger partial charge in [-0.15, -0.1) is 0 Å². The van der Waals surface area contributed by atoms with Crippen molar-refractivity contribution in [3.8, 4) is 0 Å². The number of aliphatic hydroxyl groups is 3. The van der Waals surface area contributed by atoms with Crippen LogP contribution >= 0.6 is 0 Å². The molecule has 0 aromatic carbocycles.